The highest BCUT2D eigenvalue weighted by Gasteiger charge is 2.57. The highest BCUT2D eigenvalue weighted by molar-refractivity contribution is 5.98. The number of amides is 2. The van der Waals surface area contributed by atoms with Crippen LogP contribution in [0.3, 0.4) is 0 Å². The van der Waals surface area contributed by atoms with E-state index in [9.17, 15) is 18.4 Å². The number of rotatable bonds is 2. The van der Waals surface area contributed by atoms with Gasteiger partial charge in [-0.3, -0.25) is 14.6 Å². The van der Waals surface area contributed by atoms with E-state index in [2.05, 4.69) is 4.98 Å². The Hall–Kier alpha value is -2.87. The summed E-state index contributed by atoms with van der Waals surface area (Å²) in [6.07, 6.45) is -1.89. The molecule has 6 nitrogen and oxygen atoms in total. The van der Waals surface area contributed by atoms with Crippen molar-refractivity contribution in [3.05, 3.63) is 59.9 Å². The lowest BCUT2D eigenvalue weighted by Crippen LogP contribution is -2.65. The van der Waals surface area contributed by atoms with Crippen LogP contribution in [0.15, 0.2) is 48.7 Å². The van der Waals surface area contributed by atoms with E-state index >= 15 is 0 Å². The van der Waals surface area contributed by atoms with Crippen LogP contribution >= 0.6 is 0 Å². The van der Waals surface area contributed by atoms with Crippen molar-refractivity contribution in [1.29, 1.82) is 0 Å². The highest BCUT2D eigenvalue weighted by Crippen LogP contribution is 2.40. The largest absolute Gasteiger partial charge is 0.437 e. The van der Waals surface area contributed by atoms with Crippen LogP contribution in [-0.4, -0.2) is 53.0 Å². The number of pyridine rings is 1. The first-order chi connectivity index (χ1) is 13.8. The van der Waals surface area contributed by atoms with Gasteiger partial charge in [0.05, 0.1) is 12.1 Å². The third kappa shape index (κ3) is 3.72. The maximum absolute atomic E-state index is 14.4. The molecule has 0 saturated carbocycles. The van der Waals surface area contributed by atoms with Crippen molar-refractivity contribution in [3.63, 3.8) is 0 Å². The van der Waals surface area contributed by atoms with Crippen LogP contribution in [0.1, 0.15) is 28.9 Å². The lowest BCUT2D eigenvalue weighted by Gasteiger charge is -2.48. The molecular formula is C21H21F2N3O3. The molecule has 0 aliphatic carbocycles. The molecule has 2 aromatic rings. The van der Waals surface area contributed by atoms with E-state index in [0.29, 0.717) is 11.3 Å². The van der Waals surface area contributed by atoms with Gasteiger partial charge < -0.3 is 14.5 Å². The summed E-state index contributed by atoms with van der Waals surface area (Å²) in [7, 11) is 0. The molecule has 2 fully saturated rings. The molecule has 4 rings (SSSR count). The first kappa shape index (κ1) is 19.4. The Morgan fingerprint density at radius 3 is 2.48 bits per heavy atom. The predicted molar refractivity (Wildman–Crippen MR) is 102 cm³/mol. The molecule has 2 amide bonds. The van der Waals surface area contributed by atoms with E-state index in [1.54, 1.807) is 60.5 Å². The van der Waals surface area contributed by atoms with Crippen LogP contribution in [0, 0.1) is 6.92 Å². The summed E-state index contributed by atoms with van der Waals surface area (Å²) in [5, 5.41) is 0. The number of hydrogen-bond acceptors (Lipinski definition) is 4. The molecular weight excluding hydrogens is 380 g/mol. The Bertz CT molecular complexity index is 928. The molecule has 0 N–H and O–H groups in total. The monoisotopic (exact) mass is 401 g/mol. The van der Waals surface area contributed by atoms with Gasteiger partial charge in [0.2, 0.25) is 0 Å². The normalized spacial score (nSPS) is 20.7. The second-order valence-corrected chi connectivity index (χ2v) is 7.51. The Kier molecular flexibility index (Phi) is 4.82. The number of carbonyl (C=O) groups excluding carboxylic acids is 2. The van der Waals surface area contributed by atoms with Crippen molar-refractivity contribution < 1.29 is 23.1 Å². The summed E-state index contributed by atoms with van der Waals surface area (Å²) < 4.78 is 33.9. The number of alkyl halides is 2. The van der Waals surface area contributed by atoms with Gasteiger partial charge in [0, 0.05) is 36.2 Å². The minimum absolute atomic E-state index is 0.0296. The van der Waals surface area contributed by atoms with Gasteiger partial charge in [0.15, 0.2) is 0 Å². The zero-order chi connectivity index (χ0) is 20.6. The Morgan fingerprint density at radius 2 is 1.83 bits per heavy atom. The SMILES string of the molecule is Cc1cc(C(=O)N2CCC3(CC2)CN(c2ccccc2)C(=O)C(F)(F)O3)ccn1. The number of morpholine rings is 1. The van der Waals surface area contributed by atoms with E-state index in [4.69, 9.17) is 4.74 Å². The van der Waals surface area contributed by atoms with Crippen molar-refractivity contribution in [2.75, 3.05) is 24.5 Å². The average Bonchev–Trinajstić information content (AvgIpc) is 2.71. The van der Waals surface area contributed by atoms with E-state index < -0.39 is 17.6 Å². The van der Waals surface area contributed by atoms with Gasteiger partial charge in [0.1, 0.15) is 0 Å². The standard InChI is InChI=1S/C21H21F2N3O3/c1-15-13-16(7-10-24-15)18(27)25-11-8-20(9-12-25)14-26(17-5-3-2-4-6-17)19(28)21(22,23)29-20/h2-7,10,13H,8-9,11-12,14H2,1H3. The smallest absolute Gasteiger partial charge is 0.338 e. The number of carbonyl (C=O) groups is 2. The summed E-state index contributed by atoms with van der Waals surface area (Å²) in [5.41, 5.74) is 0.463. The summed E-state index contributed by atoms with van der Waals surface area (Å²) in [6, 6.07) is 11.7. The molecule has 2 aliphatic rings. The van der Waals surface area contributed by atoms with E-state index in [1.807, 2.05) is 0 Å². The van der Waals surface area contributed by atoms with Crippen molar-refractivity contribution in [1.82, 2.24) is 9.88 Å². The minimum Gasteiger partial charge on any atom is -0.338 e. The molecule has 1 spiro atoms. The fourth-order valence-electron chi connectivity index (χ4n) is 3.92. The third-order valence-electron chi connectivity index (χ3n) is 5.46. The van der Waals surface area contributed by atoms with Crippen LogP contribution in [0.25, 0.3) is 0 Å². The molecule has 0 unspecified atom stereocenters. The lowest BCUT2D eigenvalue weighted by molar-refractivity contribution is -0.292. The number of ether oxygens (including phenoxy) is 1. The number of piperidine rings is 1. The number of likely N-dealkylation sites (tertiary alicyclic amines) is 1. The van der Waals surface area contributed by atoms with Crippen LogP contribution in [0.5, 0.6) is 0 Å². The van der Waals surface area contributed by atoms with Crippen molar-refractivity contribution in [3.8, 4) is 0 Å². The molecule has 1 aromatic heterocycles. The number of aromatic nitrogens is 1. The molecule has 1 aromatic carbocycles. The fraction of sp³-hybridized carbons (Fsp3) is 0.381. The van der Waals surface area contributed by atoms with Gasteiger partial charge in [-0.15, -0.1) is 0 Å². The first-order valence-electron chi connectivity index (χ1n) is 9.47. The van der Waals surface area contributed by atoms with Crippen molar-refractivity contribution in [2.45, 2.75) is 31.5 Å². The molecule has 0 atom stereocenters. The number of anilines is 1. The number of halogens is 2. The van der Waals surface area contributed by atoms with Crippen LogP contribution in [-0.2, 0) is 9.53 Å². The Balaban J connectivity index is 1.52. The predicted octanol–water partition coefficient (Wildman–Crippen LogP) is 3.02. The van der Waals surface area contributed by atoms with Gasteiger partial charge in [-0.2, -0.15) is 8.78 Å². The average molecular weight is 401 g/mol. The van der Waals surface area contributed by atoms with Gasteiger partial charge >= 0.3 is 12.0 Å². The summed E-state index contributed by atoms with van der Waals surface area (Å²) in [4.78, 5) is 31.8. The number of aryl methyl sites for hydroxylation is 1. The van der Waals surface area contributed by atoms with E-state index in [-0.39, 0.29) is 38.4 Å². The van der Waals surface area contributed by atoms with Gasteiger partial charge in [-0.25, -0.2) is 0 Å². The number of nitrogens with zero attached hydrogens (tertiary/aromatic N) is 3. The van der Waals surface area contributed by atoms with Gasteiger partial charge in [-0.05, 0) is 44.0 Å². The highest BCUT2D eigenvalue weighted by atomic mass is 19.3. The van der Waals surface area contributed by atoms with Crippen LogP contribution < -0.4 is 4.90 Å². The molecule has 0 radical (unpaired) electrons. The van der Waals surface area contributed by atoms with Crippen molar-refractivity contribution in [2.24, 2.45) is 0 Å². The van der Waals surface area contributed by atoms with E-state index in [1.165, 1.54) is 0 Å². The molecule has 3 heterocycles. The quantitative estimate of drug-likeness (QED) is 0.776. The summed E-state index contributed by atoms with van der Waals surface area (Å²) >= 11 is 0. The molecule has 0 bridgehead atoms. The second kappa shape index (κ2) is 7.18. The first-order valence-corrected chi connectivity index (χ1v) is 9.47. The molecule has 2 aliphatic heterocycles. The van der Waals surface area contributed by atoms with Crippen LogP contribution in [0.4, 0.5) is 14.5 Å². The molecule has 29 heavy (non-hydrogen) atoms. The van der Waals surface area contributed by atoms with Gasteiger partial charge in [0.25, 0.3) is 5.91 Å². The maximum Gasteiger partial charge on any atom is 0.437 e. The minimum atomic E-state index is -3.90. The lowest BCUT2D eigenvalue weighted by atomic mass is 9.88. The molecule has 8 heteroatoms. The van der Waals surface area contributed by atoms with E-state index in [0.717, 1.165) is 10.6 Å². The topological polar surface area (TPSA) is 62.7 Å². The zero-order valence-corrected chi connectivity index (χ0v) is 16.0. The van der Waals surface area contributed by atoms with Crippen molar-refractivity contribution >= 4 is 17.5 Å². The number of hydrogen-bond donors (Lipinski definition) is 0. The third-order valence-corrected chi connectivity index (χ3v) is 5.46. The summed E-state index contributed by atoms with van der Waals surface area (Å²) in [5.74, 6) is -1.52. The Labute approximate surface area is 167 Å². The summed E-state index contributed by atoms with van der Waals surface area (Å²) in [6.45, 7) is 2.37. The van der Waals surface area contributed by atoms with Gasteiger partial charge in [-0.1, -0.05) is 18.2 Å². The number of benzene rings is 1. The second-order valence-electron chi connectivity index (χ2n) is 7.51. The maximum atomic E-state index is 14.4. The van der Waals surface area contributed by atoms with Crippen LogP contribution in [0.2, 0.25) is 0 Å². The molecule has 152 valence electrons. The fourth-order valence-corrected chi connectivity index (χ4v) is 3.92. The Morgan fingerprint density at radius 1 is 1.14 bits per heavy atom. The molecule has 2 saturated heterocycles. The number of para-hydroxylation sites is 1. The zero-order valence-electron chi connectivity index (χ0n) is 16.0.